The highest BCUT2D eigenvalue weighted by molar-refractivity contribution is 7.89. The Hall–Kier alpha value is -0.660. The van der Waals surface area contributed by atoms with Gasteiger partial charge in [0.15, 0.2) is 0 Å². The Morgan fingerprint density at radius 3 is 2.65 bits per heavy atom. The molecule has 0 aliphatic carbocycles. The molecule has 0 bridgehead atoms. The maximum absolute atomic E-state index is 11.5. The minimum absolute atomic E-state index is 0.00384. The number of primary sulfonamides is 1. The molecule has 0 spiro atoms. The highest BCUT2D eigenvalue weighted by Crippen LogP contribution is 2.16. The van der Waals surface area contributed by atoms with E-state index in [1.807, 2.05) is 13.8 Å². The van der Waals surface area contributed by atoms with Crippen LogP contribution in [-0.4, -0.2) is 50.3 Å². The third-order valence-corrected chi connectivity index (χ3v) is 3.91. The van der Waals surface area contributed by atoms with Gasteiger partial charge in [-0.15, -0.1) is 0 Å². The minimum Gasteiger partial charge on any atom is -0.379 e. The summed E-state index contributed by atoms with van der Waals surface area (Å²) in [6.07, 6.45) is 0.881. The van der Waals surface area contributed by atoms with Crippen molar-refractivity contribution in [3.05, 3.63) is 0 Å². The predicted octanol–water partition coefficient (Wildman–Crippen LogP) is -0.309. The van der Waals surface area contributed by atoms with Gasteiger partial charge in [-0.2, -0.15) is 0 Å². The van der Waals surface area contributed by atoms with Crippen molar-refractivity contribution in [1.29, 1.82) is 0 Å². The number of likely N-dealkylation sites (tertiary alicyclic amines) is 1. The Morgan fingerprint density at radius 2 is 2.18 bits per heavy atom. The van der Waals surface area contributed by atoms with E-state index in [-0.39, 0.29) is 25.0 Å². The number of sulfonamides is 1. The molecule has 0 aromatic carbocycles. The highest BCUT2D eigenvalue weighted by atomic mass is 32.2. The van der Waals surface area contributed by atoms with Gasteiger partial charge >= 0.3 is 0 Å². The summed E-state index contributed by atoms with van der Waals surface area (Å²) in [5.74, 6) is -0.145. The molecule has 7 heteroatoms. The van der Waals surface area contributed by atoms with Crippen molar-refractivity contribution in [2.75, 3.05) is 19.7 Å². The van der Waals surface area contributed by atoms with Crippen molar-refractivity contribution >= 4 is 15.9 Å². The summed E-state index contributed by atoms with van der Waals surface area (Å²) >= 11 is 0. The summed E-state index contributed by atoms with van der Waals surface area (Å²) in [5.41, 5.74) is 0. The second-order valence-electron chi connectivity index (χ2n) is 4.53. The summed E-state index contributed by atoms with van der Waals surface area (Å²) in [4.78, 5) is 13.1. The first-order valence-electron chi connectivity index (χ1n) is 5.71. The number of rotatable bonds is 6. The van der Waals surface area contributed by atoms with E-state index in [1.54, 1.807) is 4.90 Å². The van der Waals surface area contributed by atoms with E-state index in [1.165, 1.54) is 0 Å². The molecular weight excluding hydrogens is 244 g/mol. The molecule has 2 N–H and O–H groups in total. The summed E-state index contributed by atoms with van der Waals surface area (Å²) < 4.78 is 27.6. The molecule has 17 heavy (non-hydrogen) atoms. The summed E-state index contributed by atoms with van der Waals surface area (Å²) in [5, 5.41) is 4.28. The molecule has 1 fully saturated rings. The molecule has 1 heterocycles. The monoisotopic (exact) mass is 264 g/mol. The Morgan fingerprint density at radius 1 is 1.53 bits per heavy atom. The van der Waals surface area contributed by atoms with Gasteiger partial charge in [-0.05, 0) is 20.3 Å². The lowest BCUT2D eigenvalue weighted by atomic mass is 10.4. The van der Waals surface area contributed by atoms with Crippen molar-refractivity contribution in [3.8, 4) is 0 Å². The molecule has 1 unspecified atom stereocenters. The number of amides is 1. The second kappa shape index (κ2) is 5.79. The molecule has 1 aliphatic heterocycles. The van der Waals surface area contributed by atoms with Gasteiger partial charge in [0.25, 0.3) is 0 Å². The molecule has 1 amide bonds. The first-order chi connectivity index (χ1) is 7.80. The lowest BCUT2D eigenvalue weighted by Gasteiger charge is -2.16. The molecule has 100 valence electrons. The van der Waals surface area contributed by atoms with Crippen LogP contribution in [0, 0.1) is 0 Å². The Labute approximate surface area is 102 Å². The zero-order valence-electron chi connectivity index (χ0n) is 10.3. The van der Waals surface area contributed by atoms with Gasteiger partial charge in [-0.1, -0.05) is 0 Å². The minimum atomic E-state index is -3.61. The van der Waals surface area contributed by atoms with E-state index < -0.39 is 15.3 Å². The summed E-state index contributed by atoms with van der Waals surface area (Å²) in [6.45, 7) is 5.19. The molecule has 0 aromatic rings. The number of hydrogen-bond donors (Lipinski definition) is 1. The average molecular weight is 264 g/mol. The van der Waals surface area contributed by atoms with E-state index in [0.717, 1.165) is 0 Å². The van der Waals surface area contributed by atoms with Gasteiger partial charge in [0.1, 0.15) is 5.25 Å². The van der Waals surface area contributed by atoms with Gasteiger partial charge in [0.2, 0.25) is 15.9 Å². The first kappa shape index (κ1) is 14.4. The van der Waals surface area contributed by atoms with Crippen LogP contribution in [-0.2, 0) is 19.6 Å². The molecule has 0 radical (unpaired) electrons. The van der Waals surface area contributed by atoms with E-state index in [4.69, 9.17) is 9.88 Å². The normalized spacial score (nSPS) is 21.5. The fourth-order valence-corrected chi connectivity index (χ4v) is 2.51. The van der Waals surface area contributed by atoms with Gasteiger partial charge in [-0.25, -0.2) is 13.6 Å². The molecule has 1 saturated heterocycles. The average Bonchev–Trinajstić information content (AvgIpc) is 2.54. The third kappa shape index (κ3) is 4.61. The van der Waals surface area contributed by atoms with Crippen molar-refractivity contribution < 1.29 is 17.9 Å². The molecular formula is C10H20N2O4S. The molecule has 1 aliphatic rings. The molecule has 1 atom stereocenters. The zero-order valence-corrected chi connectivity index (χ0v) is 11.1. The quantitative estimate of drug-likeness (QED) is 0.666. The smallest absolute Gasteiger partial charge is 0.224 e. The Balaban J connectivity index is 2.34. The van der Waals surface area contributed by atoms with Crippen LogP contribution in [0.2, 0.25) is 0 Å². The largest absolute Gasteiger partial charge is 0.379 e. The number of nitrogens with two attached hydrogens (primary N) is 1. The molecule has 0 saturated carbocycles. The van der Waals surface area contributed by atoms with Gasteiger partial charge in [0, 0.05) is 26.1 Å². The van der Waals surface area contributed by atoms with Crippen molar-refractivity contribution in [3.63, 3.8) is 0 Å². The van der Waals surface area contributed by atoms with E-state index in [9.17, 15) is 13.2 Å². The summed E-state index contributed by atoms with van der Waals surface area (Å²) in [7, 11) is -3.61. The van der Waals surface area contributed by atoms with Crippen molar-refractivity contribution in [2.24, 2.45) is 5.14 Å². The number of carbonyl (C=O) groups excluding carboxylic acids is 1. The van der Waals surface area contributed by atoms with Crippen LogP contribution in [0.25, 0.3) is 0 Å². The predicted molar refractivity (Wildman–Crippen MR) is 63.8 cm³/mol. The SMILES string of the molecule is CC(C)OCCCN1CC(S(N)(=O)=O)CC1=O. The maximum atomic E-state index is 11.5. The number of carbonyl (C=O) groups is 1. The first-order valence-corrected chi connectivity index (χ1v) is 7.32. The van der Waals surface area contributed by atoms with Crippen LogP contribution in [0.5, 0.6) is 0 Å². The number of nitrogens with zero attached hydrogens (tertiary/aromatic N) is 1. The number of ether oxygens (including phenoxy) is 1. The van der Waals surface area contributed by atoms with Crippen LogP contribution in [0.4, 0.5) is 0 Å². The summed E-state index contributed by atoms with van der Waals surface area (Å²) in [6, 6.07) is 0. The van der Waals surface area contributed by atoms with Gasteiger partial charge in [0.05, 0.1) is 6.10 Å². The fraction of sp³-hybridized carbons (Fsp3) is 0.900. The van der Waals surface area contributed by atoms with Crippen molar-refractivity contribution in [1.82, 2.24) is 4.90 Å². The standard InChI is InChI=1S/C10H20N2O4S/c1-8(2)16-5-3-4-12-7-9(6-10(12)13)17(11,14)15/h8-9H,3-7H2,1-2H3,(H2,11,14,15). The topological polar surface area (TPSA) is 89.7 Å². The Kier molecular flexibility index (Phi) is 4.91. The van der Waals surface area contributed by atoms with Crippen LogP contribution in [0.1, 0.15) is 26.7 Å². The molecule has 0 aromatic heterocycles. The third-order valence-electron chi connectivity index (χ3n) is 2.67. The second-order valence-corrected chi connectivity index (χ2v) is 6.37. The fourth-order valence-electron chi connectivity index (χ4n) is 1.75. The van der Waals surface area contributed by atoms with Crippen LogP contribution < -0.4 is 5.14 Å². The van der Waals surface area contributed by atoms with Crippen LogP contribution in [0.3, 0.4) is 0 Å². The maximum Gasteiger partial charge on any atom is 0.224 e. The zero-order chi connectivity index (χ0) is 13.1. The molecule has 1 rings (SSSR count). The van der Waals surface area contributed by atoms with Crippen LogP contribution in [0.15, 0.2) is 0 Å². The van der Waals surface area contributed by atoms with E-state index in [2.05, 4.69) is 0 Å². The lowest BCUT2D eigenvalue weighted by molar-refractivity contribution is -0.127. The van der Waals surface area contributed by atoms with Gasteiger partial charge in [-0.3, -0.25) is 4.79 Å². The number of hydrogen-bond acceptors (Lipinski definition) is 4. The molecule has 6 nitrogen and oxygen atoms in total. The lowest BCUT2D eigenvalue weighted by Crippen LogP contribution is -2.32. The Bertz CT molecular complexity index is 367. The van der Waals surface area contributed by atoms with Crippen LogP contribution >= 0.6 is 0 Å². The van der Waals surface area contributed by atoms with Crippen molar-refractivity contribution in [2.45, 2.75) is 38.0 Å². The highest BCUT2D eigenvalue weighted by Gasteiger charge is 2.35. The van der Waals surface area contributed by atoms with E-state index in [0.29, 0.717) is 19.6 Å². The van der Waals surface area contributed by atoms with Gasteiger partial charge < -0.3 is 9.64 Å². The van der Waals surface area contributed by atoms with E-state index >= 15 is 0 Å².